The zero-order chi connectivity index (χ0) is 13.8. The Kier molecular flexibility index (Phi) is 4.37. The quantitative estimate of drug-likeness (QED) is 0.771. The third-order valence-corrected chi connectivity index (χ3v) is 3.54. The Balaban J connectivity index is 2.04. The van der Waals surface area contributed by atoms with Crippen molar-refractivity contribution in [3.05, 3.63) is 23.9 Å². The second kappa shape index (κ2) is 6.02. The smallest absolute Gasteiger partial charge is 0.339 e. The summed E-state index contributed by atoms with van der Waals surface area (Å²) in [6.45, 7) is 7.35. The van der Waals surface area contributed by atoms with Crippen LogP contribution in [0.3, 0.4) is 0 Å². The molecule has 1 aliphatic rings. The van der Waals surface area contributed by atoms with E-state index in [1.54, 1.807) is 19.2 Å². The highest BCUT2D eigenvalue weighted by atomic mass is 16.5. The van der Waals surface area contributed by atoms with Gasteiger partial charge >= 0.3 is 5.97 Å². The summed E-state index contributed by atoms with van der Waals surface area (Å²) in [5.74, 6) is 0.612. The molecule has 0 N–H and O–H groups in total. The number of rotatable bonds is 3. The van der Waals surface area contributed by atoms with E-state index in [9.17, 15) is 4.79 Å². The second-order valence-electron chi connectivity index (χ2n) is 4.90. The van der Waals surface area contributed by atoms with E-state index < -0.39 is 0 Å². The van der Waals surface area contributed by atoms with Gasteiger partial charge in [-0.1, -0.05) is 0 Å². The van der Waals surface area contributed by atoms with E-state index in [0.29, 0.717) is 18.2 Å². The van der Waals surface area contributed by atoms with E-state index in [1.807, 2.05) is 6.07 Å². The molecule has 0 saturated carbocycles. The maximum Gasteiger partial charge on any atom is 0.339 e. The van der Waals surface area contributed by atoms with Gasteiger partial charge in [-0.15, -0.1) is 0 Å². The Labute approximate surface area is 114 Å². The first-order valence-corrected chi connectivity index (χ1v) is 6.70. The van der Waals surface area contributed by atoms with E-state index in [2.05, 4.69) is 28.8 Å². The average Bonchev–Trinajstić information content (AvgIpc) is 2.42. The molecule has 2 heterocycles. The van der Waals surface area contributed by atoms with Crippen LogP contribution in [-0.2, 0) is 4.74 Å². The lowest BCUT2D eigenvalue weighted by Crippen LogP contribution is -2.50. The highest BCUT2D eigenvalue weighted by molar-refractivity contribution is 5.89. The number of nitrogens with zero attached hydrogens (tertiary/aromatic N) is 3. The molecule has 1 unspecified atom stereocenters. The molecular weight excluding hydrogens is 242 g/mol. The van der Waals surface area contributed by atoms with Crippen molar-refractivity contribution >= 4 is 11.8 Å². The molecule has 1 atom stereocenters. The van der Waals surface area contributed by atoms with Crippen LogP contribution >= 0.6 is 0 Å². The monoisotopic (exact) mass is 263 g/mol. The predicted molar refractivity (Wildman–Crippen MR) is 74.5 cm³/mol. The van der Waals surface area contributed by atoms with E-state index in [1.165, 1.54) is 0 Å². The highest BCUT2D eigenvalue weighted by Gasteiger charge is 2.21. The minimum atomic E-state index is -0.312. The molecule has 0 radical (unpaired) electrons. The van der Waals surface area contributed by atoms with Gasteiger partial charge in [0.25, 0.3) is 0 Å². The Hall–Kier alpha value is -1.62. The number of esters is 1. The molecule has 0 amide bonds. The number of likely N-dealkylation sites (N-methyl/N-ethyl adjacent to an activating group) is 1. The number of carbonyl (C=O) groups is 1. The summed E-state index contributed by atoms with van der Waals surface area (Å²) >= 11 is 0. The zero-order valence-electron chi connectivity index (χ0n) is 11.8. The molecule has 0 spiro atoms. The second-order valence-corrected chi connectivity index (χ2v) is 4.90. The van der Waals surface area contributed by atoms with Crippen LogP contribution in [-0.4, -0.2) is 55.2 Å². The van der Waals surface area contributed by atoms with Crippen molar-refractivity contribution in [1.29, 1.82) is 0 Å². The third-order valence-electron chi connectivity index (χ3n) is 3.54. The molecule has 0 aromatic carbocycles. The van der Waals surface area contributed by atoms with Gasteiger partial charge in [-0.05, 0) is 33.0 Å². The van der Waals surface area contributed by atoms with Crippen molar-refractivity contribution in [2.45, 2.75) is 19.9 Å². The first-order chi connectivity index (χ1) is 9.11. The van der Waals surface area contributed by atoms with Gasteiger partial charge in [0, 0.05) is 31.9 Å². The molecule has 5 nitrogen and oxygen atoms in total. The number of hydrogen-bond acceptors (Lipinski definition) is 5. The Morgan fingerprint density at radius 2 is 2.26 bits per heavy atom. The average molecular weight is 263 g/mol. The standard InChI is InChI=1S/C14H21N3O2/c1-4-19-14(18)12-5-6-13(15-9-12)17-8-7-16(3)11(2)10-17/h5-6,9,11H,4,7-8,10H2,1-3H3. The number of pyridine rings is 1. The molecule has 1 fully saturated rings. The van der Waals surface area contributed by atoms with Gasteiger partial charge in [0.2, 0.25) is 0 Å². The molecule has 2 rings (SSSR count). The summed E-state index contributed by atoms with van der Waals surface area (Å²) in [6.07, 6.45) is 1.59. The van der Waals surface area contributed by atoms with Crippen LogP contribution in [0.1, 0.15) is 24.2 Å². The molecule has 1 aliphatic heterocycles. The van der Waals surface area contributed by atoms with E-state index in [0.717, 1.165) is 25.5 Å². The van der Waals surface area contributed by atoms with Gasteiger partial charge in [-0.2, -0.15) is 0 Å². The summed E-state index contributed by atoms with van der Waals surface area (Å²) in [4.78, 5) is 20.5. The predicted octanol–water partition coefficient (Wildman–Crippen LogP) is 1.40. The normalized spacial score (nSPS) is 20.4. The number of piperazine rings is 1. The third kappa shape index (κ3) is 3.23. The van der Waals surface area contributed by atoms with Gasteiger partial charge < -0.3 is 14.5 Å². The Morgan fingerprint density at radius 1 is 1.47 bits per heavy atom. The molecule has 19 heavy (non-hydrogen) atoms. The molecule has 1 aromatic rings. The molecular formula is C14H21N3O2. The van der Waals surface area contributed by atoms with Crippen LogP contribution in [0.5, 0.6) is 0 Å². The number of aromatic nitrogens is 1. The number of hydrogen-bond donors (Lipinski definition) is 0. The fraction of sp³-hybridized carbons (Fsp3) is 0.571. The van der Waals surface area contributed by atoms with Crippen LogP contribution in [0, 0.1) is 0 Å². The fourth-order valence-electron chi connectivity index (χ4n) is 2.16. The van der Waals surface area contributed by atoms with Crippen molar-refractivity contribution in [2.24, 2.45) is 0 Å². The van der Waals surface area contributed by atoms with Gasteiger partial charge in [0.05, 0.1) is 12.2 Å². The number of anilines is 1. The van der Waals surface area contributed by atoms with Crippen LogP contribution in [0.25, 0.3) is 0 Å². The van der Waals surface area contributed by atoms with Crippen LogP contribution in [0.2, 0.25) is 0 Å². The summed E-state index contributed by atoms with van der Waals surface area (Å²) in [5.41, 5.74) is 0.507. The number of ether oxygens (including phenoxy) is 1. The van der Waals surface area contributed by atoms with Crippen molar-refractivity contribution in [3.63, 3.8) is 0 Å². The highest BCUT2D eigenvalue weighted by Crippen LogP contribution is 2.16. The van der Waals surface area contributed by atoms with Crippen molar-refractivity contribution < 1.29 is 9.53 Å². The van der Waals surface area contributed by atoms with Gasteiger partial charge in [0.1, 0.15) is 5.82 Å². The molecule has 1 aromatic heterocycles. The summed E-state index contributed by atoms with van der Waals surface area (Å²) < 4.78 is 4.95. The van der Waals surface area contributed by atoms with Crippen LogP contribution < -0.4 is 4.90 Å². The molecule has 1 saturated heterocycles. The van der Waals surface area contributed by atoms with Crippen molar-refractivity contribution in [1.82, 2.24) is 9.88 Å². The van der Waals surface area contributed by atoms with Crippen molar-refractivity contribution in [2.75, 3.05) is 38.2 Å². The van der Waals surface area contributed by atoms with Gasteiger partial charge in [-0.3, -0.25) is 0 Å². The molecule has 0 bridgehead atoms. The first-order valence-electron chi connectivity index (χ1n) is 6.70. The van der Waals surface area contributed by atoms with Gasteiger partial charge in [-0.25, -0.2) is 9.78 Å². The lowest BCUT2D eigenvalue weighted by Gasteiger charge is -2.38. The van der Waals surface area contributed by atoms with E-state index in [4.69, 9.17) is 4.74 Å². The van der Waals surface area contributed by atoms with Crippen molar-refractivity contribution in [3.8, 4) is 0 Å². The fourth-order valence-corrected chi connectivity index (χ4v) is 2.16. The lowest BCUT2D eigenvalue weighted by atomic mass is 10.2. The summed E-state index contributed by atoms with van der Waals surface area (Å²) in [7, 11) is 2.14. The molecule has 5 heteroatoms. The largest absolute Gasteiger partial charge is 0.462 e. The molecule has 104 valence electrons. The maximum absolute atomic E-state index is 11.5. The summed E-state index contributed by atoms with van der Waals surface area (Å²) in [6, 6.07) is 4.19. The van der Waals surface area contributed by atoms with Crippen LogP contribution in [0.4, 0.5) is 5.82 Å². The topological polar surface area (TPSA) is 45.7 Å². The van der Waals surface area contributed by atoms with E-state index >= 15 is 0 Å². The molecule has 0 aliphatic carbocycles. The van der Waals surface area contributed by atoms with Gasteiger partial charge in [0.15, 0.2) is 0 Å². The van der Waals surface area contributed by atoms with E-state index in [-0.39, 0.29) is 5.97 Å². The zero-order valence-corrected chi connectivity index (χ0v) is 11.8. The maximum atomic E-state index is 11.5. The lowest BCUT2D eigenvalue weighted by molar-refractivity contribution is 0.0526. The SMILES string of the molecule is CCOC(=O)c1ccc(N2CCN(C)C(C)C2)nc1. The Bertz CT molecular complexity index is 433. The minimum absolute atomic E-state index is 0.312. The minimum Gasteiger partial charge on any atom is -0.462 e. The Morgan fingerprint density at radius 3 is 2.84 bits per heavy atom. The summed E-state index contributed by atoms with van der Waals surface area (Å²) in [5, 5.41) is 0. The number of carbonyl (C=O) groups excluding carboxylic acids is 1. The van der Waals surface area contributed by atoms with Crippen LogP contribution in [0.15, 0.2) is 18.3 Å². The first kappa shape index (κ1) is 13.8.